The number of carboxylic acid groups (broad SMARTS) is 1. The van der Waals surface area contributed by atoms with Crippen LogP contribution in [0.3, 0.4) is 0 Å². The molecule has 0 saturated carbocycles. The van der Waals surface area contributed by atoms with Crippen molar-refractivity contribution >= 4 is 11.9 Å². The molecular formula is C18H23NO3. The van der Waals surface area contributed by atoms with Gasteiger partial charge in [0.15, 0.2) is 0 Å². The molecule has 1 N–H and O–H groups in total. The molecular weight excluding hydrogens is 278 g/mol. The molecule has 1 unspecified atom stereocenters. The first kappa shape index (κ1) is 16.3. The summed E-state index contributed by atoms with van der Waals surface area (Å²) >= 11 is 0. The molecule has 1 saturated heterocycles. The first-order valence-corrected chi connectivity index (χ1v) is 7.77. The minimum Gasteiger partial charge on any atom is -0.481 e. The Hall–Kier alpha value is -2.10. The van der Waals surface area contributed by atoms with Crippen LogP contribution in [0.15, 0.2) is 43.0 Å². The number of carboxylic acids is 1. The van der Waals surface area contributed by atoms with Gasteiger partial charge in [-0.1, -0.05) is 36.4 Å². The summed E-state index contributed by atoms with van der Waals surface area (Å²) in [5.74, 6) is -0.389. The molecule has 0 spiro atoms. The fourth-order valence-corrected chi connectivity index (χ4v) is 2.99. The number of rotatable bonds is 6. The molecule has 118 valence electrons. The molecule has 0 aromatic heterocycles. The Balaban J connectivity index is 1.87. The Bertz CT molecular complexity index is 518. The number of likely N-dealkylation sites (tertiary alicyclic amines) is 1. The van der Waals surface area contributed by atoms with Crippen LogP contribution in [0.1, 0.15) is 37.2 Å². The molecule has 0 radical (unpaired) electrons. The topological polar surface area (TPSA) is 57.6 Å². The fourth-order valence-electron chi connectivity index (χ4n) is 2.99. The number of hydrogen-bond donors (Lipinski definition) is 1. The number of benzene rings is 1. The number of carbonyl (C=O) groups excluding carboxylic acids is 1. The lowest BCUT2D eigenvalue weighted by Gasteiger charge is -2.32. The number of carbonyl (C=O) groups is 2. The number of nitrogens with zero attached hydrogens (tertiary/aromatic N) is 1. The predicted molar refractivity (Wildman–Crippen MR) is 85.6 cm³/mol. The zero-order valence-electron chi connectivity index (χ0n) is 12.8. The van der Waals surface area contributed by atoms with Crippen LogP contribution in [-0.4, -0.2) is 35.0 Å². The smallest absolute Gasteiger partial charge is 0.303 e. The van der Waals surface area contributed by atoms with Crippen molar-refractivity contribution < 1.29 is 14.7 Å². The molecule has 2 rings (SSSR count). The summed E-state index contributed by atoms with van der Waals surface area (Å²) in [5, 5.41) is 8.83. The maximum absolute atomic E-state index is 12.4. The normalized spacial score (nSPS) is 17.0. The second kappa shape index (κ2) is 7.78. The summed E-state index contributed by atoms with van der Waals surface area (Å²) in [4.78, 5) is 25.0. The van der Waals surface area contributed by atoms with E-state index in [9.17, 15) is 9.59 Å². The van der Waals surface area contributed by atoms with E-state index in [1.165, 1.54) is 0 Å². The van der Waals surface area contributed by atoms with Crippen LogP contribution >= 0.6 is 0 Å². The molecule has 1 aliphatic heterocycles. The van der Waals surface area contributed by atoms with Crippen molar-refractivity contribution in [3.05, 3.63) is 48.6 Å². The van der Waals surface area contributed by atoms with Gasteiger partial charge in [-0.3, -0.25) is 9.59 Å². The summed E-state index contributed by atoms with van der Waals surface area (Å²) < 4.78 is 0. The SMILES string of the molecule is C=CC(CC(=O)N1CCC(CC(=O)O)CC1)c1ccccc1. The van der Waals surface area contributed by atoms with Gasteiger partial charge in [0.2, 0.25) is 5.91 Å². The van der Waals surface area contributed by atoms with Gasteiger partial charge in [0.25, 0.3) is 0 Å². The van der Waals surface area contributed by atoms with Crippen LogP contribution < -0.4 is 0 Å². The first-order chi connectivity index (χ1) is 10.6. The van der Waals surface area contributed by atoms with Crippen molar-refractivity contribution in [2.24, 2.45) is 5.92 Å². The molecule has 22 heavy (non-hydrogen) atoms. The average Bonchev–Trinajstić information content (AvgIpc) is 2.53. The third-order valence-electron chi connectivity index (χ3n) is 4.34. The van der Waals surface area contributed by atoms with E-state index in [-0.39, 0.29) is 24.2 Å². The predicted octanol–water partition coefficient (Wildman–Crippen LogP) is 3.06. The van der Waals surface area contributed by atoms with Crippen molar-refractivity contribution in [2.45, 2.75) is 31.6 Å². The Morgan fingerprint density at radius 2 is 1.91 bits per heavy atom. The standard InChI is InChI=1S/C18H23NO3/c1-2-15(16-6-4-3-5-7-16)13-17(20)19-10-8-14(9-11-19)12-18(21)22/h2-7,14-15H,1,8-13H2,(H,21,22). The lowest BCUT2D eigenvalue weighted by Crippen LogP contribution is -2.39. The van der Waals surface area contributed by atoms with Gasteiger partial charge in [-0.25, -0.2) is 0 Å². The van der Waals surface area contributed by atoms with Crippen LogP contribution in [0.4, 0.5) is 0 Å². The second-order valence-corrected chi connectivity index (χ2v) is 5.88. The highest BCUT2D eigenvalue weighted by Crippen LogP contribution is 2.25. The third-order valence-corrected chi connectivity index (χ3v) is 4.34. The molecule has 1 atom stereocenters. The Kier molecular flexibility index (Phi) is 5.75. The van der Waals surface area contributed by atoms with Crippen molar-refractivity contribution in [3.63, 3.8) is 0 Å². The first-order valence-electron chi connectivity index (χ1n) is 7.77. The van der Waals surface area contributed by atoms with Gasteiger partial charge in [-0.05, 0) is 24.3 Å². The van der Waals surface area contributed by atoms with Gasteiger partial charge >= 0.3 is 5.97 Å². The quantitative estimate of drug-likeness (QED) is 0.822. The molecule has 1 heterocycles. The van der Waals surface area contributed by atoms with Gasteiger partial charge in [0.1, 0.15) is 0 Å². The van der Waals surface area contributed by atoms with E-state index in [4.69, 9.17) is 5.11 Å². The summed E-state index contributed by atoms with van der Waals surface area (Å²) in [7, 11) is 0. The lowest BCUT2D eigenvalue weighted by atomic mass is 9.92. The second-order valence-electron chi connectivity index (χ2n) is 5.88. The molecule has 4 heteroatoms. The van der Waals surface area contributed by atoms with Crippen LogP contribution in [-0.2, 0) is 9.59 Å². The van der Waals surface area contributed by atoms with Gasteiger partial charge in [-0.2, -0.15) is 0 Å². The van der Waals surface area contributed by atoms with E-state index >= 15 is 0 Å². The van der Waals surface area contributed by atoms with Crippen LogP contribution in [0.5, 0.6) is 0 Å². The highest BCUT2D eigenvalue weighted by atomic mass is 16.4. The Labute approximate surface area is 131 Å². The fraction of sp³-hybridized carbons (Fsp3) is 0.444. The molecule has 1 aliphatic rings. The molecule has 0 bridgehead atoms. The summed E-state index contributed by atoms with van der Waals surface area (Å²) in [6.45, 7) is 5.17. The number of piperidine rings is 1. The molecule has 4 nitrogen and oxygen atoms in total. The monoisotopic (exact) mass is 301 g/mol. The van der Waals surface area contributed by atoms with Crippen molar-refractivity contribution in [1.82, 2.24) is 4.90 Å². The van der Waals surface area contributed by atoms with Gasteiger partial charge in [0, 0.05) is 31.8 Å². The molecule has 1 amide bonds. The maximum Gasteiger partial charge on any atom is 0.303 e. The lowest BCUT2D eigenvalue weighted by molar-refractivity contribution is -0.138. The average molecular weight is 301 g/mol. The maximum atomic E-state index is 12.4. The largest absolute Gasteiger partial charge is 0.481 e. The van der Waals surface area contributed by atoms with E-state index < -0.39 is 5.97 Å². The molecule has 1 aromatic carbocycles. The minimum atomic E-state index is -0.749. The van der Waals surface area contributed by atoms with Gasteiger partial charge in [-0.15, -0.1) is 6.58 Å². The van der Waals surface area contributed by atoms with E-state index in [0.717, 1.165) is 18.4 Å². The van der Waals surface area contributed by atoms with E-state index in [1.54, 1.807) is 0 Å². The Morgan fingerprint density at radius 3 is 2.45 bits per heavy atom. The highest BCUT2D eigenvalue weighted by molar-refractivity contribution is 5.77. The highest BCUT2D eigenvalue weighted by Gasteiger charge is 2.25. The third kappa shape index (κ3) is 4.45. The van der Waals surface area contributed by atoms with E-state index in [1.807, 2.05) is 41.3 Å². The van der Waals surface area contributed by atoms with Crippen LogP contribution in [0, 0.1) is 5.92 Å². The van der Waals surface area contributed by atoms with Crippen LogP contribution in [0.25, 0.3) is 0 Å². The van der Waals surface area contributed by atoms with Crippen LogP contribution in [0.2, 0.25) is 0 Å². The van der Waals surface area contributed by atoms with Gasteiger partial charge in [0.05, 0.1) is 0 Å². The molecule has 1 fully saturated rings. The summed E-state index contributed by atoms with van der Waals surface area (Å²) in [6.07, 6.45) is 4.02. The zero-order valence-corrected chi connectivity index (χ0v) is 12.8. The van der Waals surface area contributed by atoms with Crippen molar-refractivity contribution in [3.8, 4) is 0 Å². The number of aliphatic carboxylic acids is 1. The number of allylic oxidation sites excluding steroid dienone is 1. The molecule has 0 aliphatic carbocycles. The van der Waals surface area contributed by atoms with Crippen molar-refractivity contribution in [2.75, 3.05) is 13.1 Å². The summed E-state index contributed by atoms with van der Waals surface area (Å²) in [6, 6.07) is 9.91. The number of amides is 1. The van der Waals surface area contributed by atoms with Crippen molar-refractivity contribution in [1.29, 1.82) is 0 Å². The zero-order chi connectivity index (χ0) is 15.9. The Morgan fingerprint density at radius 1 is 1.27 bits per heavy atom. The number of hydrogen-bond acceptors (Lipinski definition) is 2. The molecule has 1 aromatic rings. The van der Waals surface area contributed by atoms with E-state index in [0.29, 0.717) is 19.5 Å². The minimum absolute atomic E-state index is 0.0328. The van der Waals surface area contributed by atoms with E-state index in [2.05, 4.69) is 6.58 Å². The van der Waals surface area contributed by atoms with Gasteiger partial charge < -0.3 is 10.0 Å². The summed E-state index contributed by atoms with van der Waals surface area (Å²) in [5.41, 5.74) is 1.10.